The number of imide groups is 2. The van der Waals surface area contributed by atoms with E-state index in [1.807, 2.05) is 17.2 Å². The molecule has 2 aromatic carbocycles. The van der Waals surface area contributed by atoms with Gasteiger partial charge in [-0.2, -0.15) is 13.2 Å². The number of pyridine rings is 2. The Balaban J connectivity index is 0.713. The molecule has 76 heavy (non-hydrogen) atoms. The van der Waals surface area contributed by atoms with E-state index in [0.29, 0.717) is 108 Å². The number of nitrogens with zero attached hydrogens (tertiary/aromatic N) is 8. The van der Waals surface area contributed by atoms with Crippen LogP contribution in [0.5, 0.6) is 5.88 Å². The monoisotopic (exact) mass is 1050 g/mol. The van der Waals surface area contributed by atoms with Crippen LogP contribution in [0.4, 0.5) is 30.2 Å². The van der Waals surface area contributed by atoms with E-state index < -0.39 is 47.3 Å². The Bertz CT molecular complexity index is 3040. The zero-order valence-electron chi connectivity index (χ0n) is 41.7. The molecular formula is C53H56F3N11O9. The molecule has 0 spiro atoms. The predicted octanol–water partition coefficient (Wildman–Crippen LogP) is 6.14. The topological polar surface area (TPSA) is 240 Å². The molecule has 4 aliphatic heterocycles. The van der Waals surface area contributed by atoms with E-state index >= 15 is 0 Å². The number of unbranched alkanes of at least 4 members (excludes halogenated alkanes) is 2. The number of hydrogen-bond donors (Lipinski definition) is 3. The van der Waals surface area contributed by atoms with Crippen molar-refractivity contribution in [1.29, 1.82) is 0 Å². The van der Waals surface area contributed by atoms with Gasteiger partial charge in [0.25, 0.3) is 17.7 Å². The molecule has 3 aromatic heterocycles. The van der Waals surface area contributed by atoms with Gasteiger partial charge in [-0.05, 0) is 81.5 Å². The van der Waals surface area contributed by atoms with Gasteiger partial charge in [0.2, 0.25) is 29.5 Å². The Labute approximate surface area is 434 Å². The average Bonchev–Trinajstić information content (AvgIpc) is 3.97. The minimum Gasteiger partial charge on any atom is -0.473 e. The van der Waals surface area contributed by atoms with Crippen molar-refractivity contribution in [2.75, 3.05) is 54.9 Å². The van der Waals surface area contributed by atoms with Gasteiger partial charge in [-0.1, -0.05) is 23.8 Å². The number of halogens is 3. The van der Waals surface area contributed by atoms with Crippen molar-refractivity contribution in [2.45, 2.75) is 102 Å². The van der Waals surface area contributed by atoms with Crippen LogP contribution in [0.1, 0.15) is 112 Å². The molecule has 0 bridgehead atoms. The summed E-state index contributed by atoms with van der Waals surface area (Å²) in [5.41, 5.74) is 2.88. The third-order valence-corrected chi connectivity index (χ3v) is 13.8. The lowest BCUT2D eigenvalue weighted by Crippen LogP contribution is -2.54. The Kier molecular flexibility index (Phi) is 16.1. The molecule has 4 aliphatic rings. The van der Waals surface area contributed by atoms with Crippen LogP contribution >= 0.6 is 0 Å². The number of aromatic nitrogens is 5. The molecule has 5 aromatic rings. The van der Waals surface area contributed by atoms with E-state index in [4.69, 9.17) is 14.5 Å². The lowest BCUT2D eigenvalue weighted by molar-refractivity contribution is -0.138. The third kappa shape index (κ3) is 12.4. The second-order valence-electron chi connectivity index (χ2n) is 19.1. The zero-order chi connectivity index (χ0) is 53.5. The van der Waals surface area contributed by atoms with Crippen LogP contribution in [0.3, 0.4) is 0 Å². The lowest BCUT2D eigenvalue weighted by atomic mass is 10.0. The smallest absolute Gasteiger partial charge is 0.416 e. The molecule has 1 unspecified atom stereocenters. The Morgan fingerprint density at radius 3 is 2.41 bits per heavy atom. The van der Waals surface area contributed by atoms with Gasteiger partial charge >= 0.3 is 6.18 Å². The molecule has 0 saturated carbocycles. The number of benzene rings is 2. The first-order valence-electron chi connectivity index (χ1n) is 25.4. The number of alkyl halides is 3. The molecular weight excluding hydrogens is 992 g/mol. The largest absolute Gasteiger partial charge is 0.473 e. The number of nitrogens with one attached hydrogen (secondary N) is 3. The van der Waals surface area contributed by atoms with Crippen LogP contribution in [-0.2, 0) is 43.1 Å². The van der Waals surface area contributed by atoms with Crippen molar-refractivity contribution in [3.63, 3.8) is 0 Å². The van der Waals surface area contributed by atoms with E-state index in [-0.39, 0.29) is 71.1 Å². The quantitative estimate of drug-likeness (QED) is 0.0660. The van der Waals surface area contributed by atoms with Crippen molar-refractivity contribution in [3.05, 3.63) is 107 Å². The average molecular weight is 1050 g/mol. The summed E-state index contributed by atoms with van der Waals surface area (Å²) in [6.45, 7) is 5.52. The number of piperidine rings is 1. The Morgan fingerprint density at radius 2 is 1.63 bits per heavy atom. The van der Waals surface area contributed by atoms with Crippen LogP contribution in [0.25, 0.3) is 11.1 Å². The molecule has 9 rings (SSSR count). The SMILES string of the molecule is Cc1nc(OC2CCOCC2)c(NC(=O)c2cccc(C(F)(F)F)c2)cc1-c1cncc(N2CCN(C(=O)CCCc3cn(CCCCCC(=O)Nc4cccc5c4C(=O)N(C4CCC(=O)NC4=O)C5=O)nn3)CC2)c1. The van der Waals surface area contributed by atoms with E-state index in [2.05, 4.69) is 36.1 Å². The predicted molar refractivity (Wildman–Crippen MR) is 268 cm³/mol. The standard InChI is InChI=1S/C53H56F3N11O9/c1-32-40(28-42(50(58-32)76-38-17-24-75-25-18-38)60-48(71)33-8-5-9-35(26-33)53(54,55)56)34-27-37(30-57-29-34)64-20-22-65(23-21-64)46(70)14-6-10-36-31-66(63-62-36)19-4-2-3-13-44(68)59-41-12-7-11-39-47(41)52(74)67(51(39)73)43-15-16-45(69)61-49(43)72/h5,7-9,11-12,26-31,38,43H,2-4,6,10,13-25H2,1H3,(H,59,68)(H,60,71)(H,61,69,72). The number of aryl methyl sites for hydroxylation is 3. The maximum Gasteiger partial charge on any atom is 0.416 e. The van der Waals surface area contributed by atoms with Gasteiger partial charge in [0, 0.05) is 99.6 Å². The molecule has 23 heteroatoms. The van der Waals surface area contributed by atoms with Gasteiger partial charge in [0.15, 0.2) is 0 Å². The summed E-state index contributed by atoms with van der Waals surface area (Å²) in [7, 11) is 0. The molecule has 7 heterocycles. The molecule has 0 radical (unpaired) electrons. The molecule has 20 nitrogen and oxygen atoms in total. The highest BCUT2D eigenvalue weighted by atomic mass is 19.4. The van der Waals surface area contributed by atoms with E-state index in [1.165, 1.54) is 24.3 Å². The maximum atomic E-state index is 13.5. The summed E-state index contributed by atoms with van der Waals surface area (Å²) in [5.74, 6) is -3.42. The second kappa shape index (κ2) is 23.2. The summed E-state index contributed by atoms with van der Waals surface area (Å²) in [4.78, 5) is 104. The molecule has 3 saturated heterocycles. The summed E-state index contributed by atoms with van der Waals surface area (Å²) < 4.78 is 54.0. The highest BCUT2D eigenvalue weighted by molar-refractivity contribution is 6.26. The number of rotatable bonds is 18. The van der Waals surface area contributed by atoms with Gasteiger partial charge in [-0.25, -0.2) is 4.98 Å². The van der Waals surface area contributed by atoms with Gasteiger partial charge < -0.3 is 29.9 Å². The fourth-order valence-corrected chi connectivity index (χ4v) is 9.71. The van der Waals surface area contributed by atoms with Gasteiger partial charge in [0.1, 0.15) is 17.8 Å². The maximum absolute atomic E-state index is 13.5. The summed E-state index contributed by atoms with van der Waals surface area (Å²) in [6, 6.07) is 11.3. The molecule has 7 amide bonds. The minimum atomic E-state index is -4.63. The van der Waals surface area contributed by atoms with E-state index in [1.54, 1.807) is 36.1 Å². The molecule has 398 valence electrons. The van der Waals surface area contributed by atoms with Gasteiger partial charge in [-0.3, -0.25) is 53.4 Å². The highest BCUT2D eigenvalue weighted by Gasteiger charge is 2.46. The third-order valence-electron chi connectivity index (χ3n) is 13.8. The van der Waals surface area contributed by atoms with Crippen molar-refractivity contribution in [1.82, 2.24) is 40.1 Å². The summed E-state index contributed by atoms with van der Waals surface area (Å²) in [6.07, 6.45) is 5.31. The lowest BCUT2D eigenvalue weighted by Gasteiger charge is -2.36. The molecule has 0 aliphatic carbocycles. The van der Waals surface area contributed by atoms with Crippen LogP contribution in [0, 0.1) is 6.92 Å². The van der Waals surface area contributed by atoms with Crippen LogP contribution in [0.2, 0.25) is 0 Å². The number of fused-ring (bicyclic) bond motifs is 1. The Hall–Kier alpha value is -8.08. The van der Waals surface area contributed by atoms with E-state index in [9.17, 15) is 46.7 Å². The molecule has 3 fully saturated rings. The number of ether oxygens (including phenoxy) is 2. The number of carbonyl (C=O) groups is 7. The van der Waals surface area contributed by atoms with Gasteiger partial charge in [0.05, 0.1) is 53.2 Å². The van der Waals surface area contributed by atoms with Crippen molar-refractivity contribution < 1.29 is 56.2 Å². The fourth-order valence-electron chi connectivity index (χ4n) is 9.71. The first-order chi connectivity index (χ1) is 36.6. The number of anilines is 3. The number of hydrogen-bond acceptors (Lipinski definition) is 14. The second-order valence-corrected chi connectivity index (χ2v) is 19.1. The number of piperazine rings is 1. The normalized spacial score (nSPS) is 17.2. The van der Waals surface area contributed by atoms with Crippen molar-refractivity contribution in [3.8, 4) is 17.0 Å². The van der Waals surface area contributed by atoms with Crippen molar-refractivity contribution in [2.24, 2.45) is 0 Å². The van der Waals surface area contributed by atoms with Crippen LogP contribution < -0.4 is 25.6 Å². The molecule has 1 atom stereocenters. The van der Waals surface area contributed by atoms with Crippen molar-refractivity contribution >= 4 is 58.4 Å². The first-order valence-corrected chi connectivity index (χ1v) is 25.4. The van der Waals surface area contributed by atoms with Crippen LogP contribution in [-0.4, -0.2) is 128 Å². The summed E-state index contributed by atoms with van der Waals surface area (Å²) in [5, 5.41) is 16.2. The molecule has 3 N–H and O–H groups in total. The first kappa shape index (κ1) is 52.8. The van der Waals surface area contributed by atoms with Gasteiger partial charge in [-0.15, -0.1) is 5.10 Å². The Morgan fingerprint density at radius 1 is 0.842 bits per heavy atom. The van der Waals surface area contributed by atoms with E-state index in [0.717, 1.165) is 34.8 Å². The summed E-state index contributed by atoms with van der Waals surface area (Å²) >= 11 is 0. The highest BCUT2D eigenvalue weighted by Crippen LogP contribution is 2.36. The minimum absolute atomic E-state index is 0.00163. The number of carbonyl (C=O) groups excluding carboxylic acids is 7. The van der Waals surface area contributed by atoms with Crippen LogP contribution in [0.15, 0.2) is 73.2 Å². The zero-order valence-corrected chi connectivity index (χ0v) is 41.7. The fraction of sp³-hybridized carbons (Fsp3) is 0.415. The number of amides is 7.